The molecule has 0 radical (unpaired) electrons. The Labute approximate surface area is 132 Å². The number of carbonyl (C=O) groups is 1. The first-order valence-corrected chi connectivity index (χ1v) is 8.01. The maximum Gasteiger partial charge on any atom is 0.246 e. The largest absolute Gasteiger partial charge is 0.494 e. The molecule has 1 fully saturated rings. The van der Waals surface area contributed by atoms with Gasteiger partial charge in [0.05, 0.1) is 18.8 Å². The zero-order valence-corrected chi connectivity index (χ0v) is 13.4. The maximum absolute atomic E-state index is 12.4. The Bertz CT molecular complexity index is 508. The maximum atomic E-state index is 12.4. The molecule has 2 rings (SSSR count). The molecule has 4 heteroatoms. The number of aliphatic hydroxyl groups is 1. The standard InChI is InChI=1S/C18H25NO3/c1-3-22-16-10-7-15(8-11-16)9-12-18(21)19-13-5-4-6-17(19)14(2)20/h7-12,14,17,20H,3-6,13H2,1-2H3/b12-9+. The van der Waals surface area contributed by atoms with Gasteiger partial charge in [-0.15, -0.1) is 0 Å². The van der Waals surface area contributed by atoms with Crippen LogP contribution in [0.1, 0.15) is 38.7 Å². The Morgan fingerprint density at radius 3 is 2.77 bits per heavy atom. The number of carbonyl (C=O) groups excluding carboxylic acids is 1. The van der Waals surface area contributed by atoms with Crippen molar-refractivity contribution in [1.82, 2.24) is 4.90 Å². The SMILES string of the molecule is CCOc1ccc(/C=C/C(=O)N2CCCCC2C(C)O)cc1. The van der Waals surface area contributed by atoms with Crippen LogP contribution in [0, 0.1) is 0 Å². The van der Waals surface area contributed by atoms with E-state index in [4.69, 9.17) is 4.74 Å². The minimum atomic E-state index is -0.483. The number of hydrogen-bond acceptors (Lipinski definition) is 3. The lowest BCUT2D eigenvalue weighted by molar-refractivity contribution is -0.132. The molecule has 120 valence electrons. The number of likely N-dealkylation sites (tertiary alicyclic amines) is 1. The molecular weight excluding hydrogens is 278 g/mol. The molecule has 1 saturated heterocycles. The second-order valence-electron chi connectivity index (χ2n) is 5.67. The topological polar surface area (TPSA) is 49.8 Å². The lowest BCUT2D eigenvalue weighted by Gasteiger charge is -2.36. The van der Waals surface area contributed by atoms with Gasteiger partial charge >= 0.3 is 0 Å². The summed E-state index contributed by atoms with van der Waals surface area (Å²) in [5, 5.41) is 9.83. The predicted molar refractivity (Wildman–Crippen MR) is 87.7 cm³/mol. The van der Waals surface area contributed by atoms with E-state index in [1.807, 2.05) is 37.3 Å². The van der Waals surface area contributed by atoms with E-state index in [1.165, 1.54) is 0 Å². The van der Waals surface area contributed by atoms with Crippen molar-refractivity contribution in [2.45, 2.75) is 45.3 Å². The molecule has 4 nitrogen and oxygen atoms in total. The summed E-state index contributed by atoms with van der Waals surface area (Å²) in [6.07, 6.45) is 5.87. The predicted octanol–water partition coefficient (Wildman–Crippen LogP) is 2.86. The van der Waals surface area contributed by atoms with E-state index in [0.29, 0.717) is 6.61 Å². The molecule has 1 amide bonds. The fraction of sp³-hybridized carbons (Fsp3) is 0.500. The molecule has 1 heterocycles. The number of ether oxygens (including phenoxy) is 1. The van der Waals surface area contributed by atoms with Gasteiger partial charge in [-0.25, -0.2) is 0 Å². The quantitative estimate of drug-likeness (QED) is 0.851. The first kappa shape index (κ1) is 16.6. The van der Waals surface area contributed by atoms with E-state index in [0.717, 1.165) is 37.1 Å². The van der Waals surface area contributed by atoms with Crippen molar-refractivity contribution in [2.24, 2.45) is 0 Å². The van der Waals surface area contributed by atoms with Gasteiger partial charge in [0.1, 0.15) is 5.75 Å². The lowest BCUT2D eigenvalue weighted by atomic mass is 9.98. The lowest BCUT2D eigenvalue weighted by Crippen LogP contribution is -2.48. The van der Waals surface area contributed by atoms with Crippen LogP contribution >= 0.6 is 0 Å². The molecule has 1 aromatic rings. The van der Waals surface area contributed by atoms with Crippen LogP contribution in [0.25, 0.3) is 6.08 Å². The number of rotatable bonds is 5. The van der Waals surface area contributed by atoms with E-state index in [1.54, 1.807) is 17.9 Å². The van der Waals surface area contributed by atoms with Crippen LogP contribution in [0.15, 0.2) is 30.3 Å². The molecule has 1 N–H and O–H groups in total. The zero-order valence-electron chi connectivity index (χ0n) is 13.4. The van der Waals surface area contributed by atoms with Gasteiger partial charge in [-0.3, -0.25) is 4.79 Å². The highest BCUT2D eigenvalue weighted by Crippen LogP contribution is 2.20. The summed E-state index contributed by atoms with van der Waals surface area (Å²) in [6.45, 7) is 5.07. The van der Waals surface area contributed by atoms with Crippen molar-refractivity contribution >= 4 is 12.0 Å². The number of amides is 1. The van der Waals surface area contributed by atoms with Crippen molar-refractivity contribution < 1.29 is 14.6 Å². The molecule has 22 heavy (non-hydrogen) atoms. The summed E-state index contributed by atoms with van der Waals surface area (Å²) in [4.78, 5) is 14.1. The molecule has 0 aliphatic carbocycles. The Morgan fingerprint density at radius 1 is 1.41 bits per heavy atom. The van der Waals surface area contributed by atoms with E-state index in [-0.39, 0.29) is 11.9 Å². The van der Waals surface area contributed by atoms with Gasteiger partial charge in [0.2, 0.25) is 5.91 Å². The first-order valence-electron chi connectivity index (χ1n) is 8.01. The monoisotopic (exact) mass is 303 g/mol. The van der Waals surface area contributed by atoms with Crippen molar-refractivity contribution in [2.75, 3.05) is 13.2 Å². The van der Waals surface area contributed by atoms with Crippen LogP contribution < -0.4 is 4.74 Å². The van der Waals surface area contributed by atoms with E-state index < -0.39 is 6.10 Å². The smallest absolute Gasteiger partial charge is 0.246 e. The Morgan fingerprint density at radius 2 is 2.14 bits per heavy atom. The number of hydrogen-bond donors (Lipinski definition) is 1. The minimum absolute atomic E-state index is 0.0283. The second-order valence-corrected chi connectivity index (χ2v) is 5.67. The number of aliphatic hydroxyl groups excluding tert-OH is 1. The number of benzene rings is 1. The molecule has 1 aliphatic rings. The Kier molecular flexibility index (Phi) is 6.01. The van der Waals surface area contributed by atoms with Crippen LogP contribution in [0.5, 0.6) is 5.75 Å². The van der Waals surface area contributed by atoms with Crippen molar-refractivity contribution in [3.8, 4) is 5.75 Å². The highest BCUT2D eigenvalue weighted by molar-refractivity contribution is 5.92. The average Bonchev–Trinajstić information content (AvgIpc) is 2.54. The van der Waals surface area contributed by atoms with Gasteiger partial charge in [-0.1, -0.05) is 12.1 Å². The summed E-state index contributed by atoms with van der Waals surface area (Å²) in [5.74, 6) is 0.802. The van der Waals surface area contributed by atoms with Crippen LogP contribution in [0.2, 0.25) is 0 Å². The molecule has 2 unspecified atom stereocenters. The minimum Gasteiger partial charge on any atom is -0.494 e. The molecule has 0 saturated carbocycles. The molecule has 1 aliphatic heterocycles. The molecule has 1 aromatic carbocycles. The van der Waals surface area contributed by atoms with Gasteiger partial charge in [0.15, 0.2) is 0 Å². The van der Waals surface area contributed by atoms with Crippen molar-refractivity contribution in [3.63, 3.8) is 0 Å². The highest BCUT2D eigenvalue weighted by Gasteiger charge is 2.28. The van der Waals surface area contributed by atoms with Gasteiger partial charge in [0, 0.05) is 12.6 Å². The van der Waals surface area contributed by atoms with Gasteiger partial charge in [-0.2, -0.15) is 0 Å². The van der Waals surface area contributed by atoms with Crippen LogP contribution in [0.4, 0.5) is 0 Å². The summed E-state index contributed by atoms with van der Waals surface area (Å²) in [5.41, 5.74) is 0.961. The fourth-order valence-corrected chi connectivity index (χ4v) is 2.84. The summed E-state index contributed by atoms with van der Waals surface area (Å²) in [6, 6.07) is 7.58. The Balaban J connectivity index is 2.00. The first-order chi connectivity index (χ1) is 10.6. The number of piperidine rings is 1. The van der Waals surface area contributed by atoms with Crippen LogP contribution in [-0.2, 0) is 4.79 Å². The average molecular weight is 303 g/mol. The highest BCUT2D eigenvalue weighted by atomic mass is 16.5. The number of nitrogens with zero attached hydrogens (tertiary/aromatic N) is 1. The second kappa shape index (κ2) is 7.99. The van der Waals surface area contributed by atoms with Gasteiger partial charge in [-0.05, 0) is 56.9 Å². The van der Waals surface area contributed by atoms with Gasteiger partial charge < -0.3 is 14.7 Å². The molecule has 0 bridgehead atoms. The molecular formula is C18H25NO3. The summed E-state index contributed by atoms with van der Waals surface area (Å²) >= 11 is 0. The normalized spacial score (nSPS) is 20.1. The Hall–Kier alpha value is -1.81. The van der Waals surface area contributed by atoms with Crippen molar-refractivity contribution in [3.05, 3.63) is 35.9 Å². The van der Waals surface area contributed by atoms with Crippen LogP contribution in [0.3, 0.4) is 0 Å². The van der Waals surface area contributed by atoms with E-state index in [2.05, 4.69) is 0 Å². The fourth-order valence-electron chi connectivity index (χ4n) is 2.84. The summed E-state index contributed by atoms with van der Waals surface area (Å²) in [7, 11) is 0. The van der Waals surface area contributed by atoms with Crippen molar-refractivity contribution in [1.29, 1.82) is 0 Å². The van der Waals surface area contributed by atoms with Crippen LogP contribution in [-0.4, -0.2) is 41.2 Å². The third-order valence-electron chi connectivity index (χ3n) is 4.00. The molecule has 2 atom stereocenters. The third-order valence-corrected chi connectivity index (χ3v) is 4.00. The molecule has 0 spiro atoms. The van der Waals surface area contributed by atoms with E-state index in [9.17, 15) is 9.90 Å². The van der Waals surface area contributed by atoms with E-state index >= 15 is 0 Å². The van der Waals surface area contributed by atoms with Gasteiger partial charge in [0.25, 0.3) is 0 Å². The third kappa shape index (κ3) is 4.34. The summed E-state index contributed by atoms with van der Waals surface area (Å²) < 4.78 is 5.39. The zero-order chi connectivity index (χ0) is 15.9. The molecule has 0 aromatic heterocycles.